The van der Waals surface area contributed by atoms with Gasteiger partial charge in [-0.25, -0.2) is 0 Å². The quantitative estimate of drug-likeness (QED) is 0.131. The third kappa shape index (κ3) is 9.79. The van der Waals surface area contributed by atoms with Crippen LogP contribution in [0.4, 0.5) is 0 Å². The third-order valence-corrected chi connectivity index (χ3v) is 7.12. The molecule has 0 bridgehead atoms. The van der Waals surface area contributed by atoms with E-state index in [1.54, 1.807) is 12.1 Å². The molecule has 3 aromatic carbocycles. The van der Waals surface area contributed by atoms with Crippen molar-refractivity contribution in [2.24, 2.45) is 0 Å². The third-order valence-electron chi connectivity index (χ3n) is 5.67. The zero-order valence-corrected chi connectivity index (χ0v) is 27.7. The van der Waals surface area contributed by atoms with Gasteiger partial charge < -0.3 is 26.8 Å². The van der Waals surface area contributed by atoms with E-state index in [4.69, 9.17) is 26.8 Å². The van der Waals surface area contributed by atoms with Gasteiger partial charge in [-0.05, 0) is 61.7 Å². The lowest BCUT2D eigenvalue weighted by Crippen LogP contribution is -2.10. The van der Waals surface area contributed by atoms with Gasteiger partial charge in [-0.3, -0.25) is 0 Å². The minimum absolute atomic E-state index is 0.0229. The van der Waals surface area contributed by atoms with Crippen molar-refractivity contribution in [3.8, 4) is 56.8 Å². The van der Waals surface area contributed by atoms with Gasteiger partial charge in [0.2, 0.25) is 0 Å². The van der Waals surface area contributed by atoms with Crippen LogP contribution in [-0.4, -0.2) is 64.8 Å². The summed E-state index contributed by atoms with van der Waals surface area (Å²) in [6.07, 6.45) is 5.22. The predicted molar refractivity (Wildman–Crippen MR) is 166 cm³/mol. The van der Waals surface area contributed by atoms with Gasteiger partial charge in [0.1, 0.15) is 11.5 Å². The Morgan fingerprint density at radius 2 is 1.25 bits per heavy atom. The van der Waals surface area contributed by atoms with Gasteiger partial charge in [-0.2, -0.15) is 25.3 Å². The van der Waals surface area contributed by atoms with Gasteiger partial charge in [0.25, 0.3) is 0 Å². The standard InChI is InChI=1S/C29H34O12S3/c1-19(2)9-8-16-38-24-15-12-21(17-25(24)40-43(6,32)33)23-18-26(36-3)27(29(28(23)37-4)41-44(7,34)35)20-10-13-22(14-11-20)39-42(5,30)31/h9-15,17-18H,8,16H2,1-7H3. The molecule has 0 N–H and O–H groups in total. The fourth-order valence-electron chi connectivity index (χ4n) is 4.09. The Morgan fingerprint density at radius 1 is 0.659 bits per heavy atom. The van der Waals surface area contributed by atoms with Crippen LogP contribution in [0.1, 0.15) is 20.3 Å². The fourth-order valence-corrected chi connectivity index (χ4v) is 5.47. The van der Waals surface area contributed by atoms with E-state index in [9.17, 15) is 25.3 Å². The maximum Gasteiger partial charge on any atom is 0.306 e. The Labute approximate surface area is 258 Å². The van der Waals surface area contributed by atoms with Crippen molar-refractivity contribution < 1.29 is 52.0 Å². The van der Waals surface area contributed by atoms with Crippen LogP contribution in [0.15, 0.2) is 60.2 Å². The molecule has 0 saturated heterocycles. The summed E-state index contributed by atoms with van der Waals surface area (Å²) in [5, 5.41) is 0. The van der Waals surface area contributed by atoms with Gasteiger partial charge in [0.05, 0.1) is 45.2 Å². The Hall–Kier alpha value is -3.95. The first-order valence-corrected chi connectivity index (χ1v) is 18.3. The second-order valence-electron chi connectivity index (χ2n) is 9.83. The molecule has 0 saturated carbocycles. The van der Waals surface area contributed by atoms with Crippen LogP contribution in [0.5, 0.6) is 34.5 Å². The topological polar surface area (TPSA) is 158 Å². The zero-order chi connectivity index (χ0) is 32.9. The van der Waals surface area contributed by atoms with Crippen LogP contribution in [0.2, 0.25) is 0 Å². The number of hydrogen-bond acceptors (Lipinski definition) is 12. The molecule has 44 heavy (non-hydrogen) atoms. The molecule has 0 atom stereocenters. The first kappa shape index (κ1) is 34.5. The average Bonchev–Trinajstić information content (AvgIpc) is 2.89. The Balaban J connectivity index is 2.25. The van der Waals surface area contributed by atoms with Crippen LogP contribution in [-0.2, 0) is 30.4 Å². The molecule has 0 spiro atoms. The largest absolute Gasteiger partial charge is 0.496 e. The molecule has 12 nitrogen and oxygen atoms in total. The molecule has 0 amide bonds. The van der Waals surface area contributed by atoms with Gasteiger partial charge in [-0.1, -0.05) is 29.8 Å². The molecule has 240 valence electrons. The van der Waals surface area contributed by atoms with E-state index in [0.717, 1.165) is 24.3 Å². The monoisotopic (exact) mass is 670 g/mol. The number of rotatable bonds is 14. The van der Waals surface area contributed by atoms with E-state index in [1.807, 2.05) is 19.9 Å². The molecule has 0 aliphatic carbocycles. The van der Waals surface area contributed by atoms with Crippen LogP contribution < -0.4 is 26.8 Å². The van der Waals surface area contributed by atoms with Gasteiger partial charge >= 0.3 is 30.4 Å². The van der Waals surface area contributed by atoms with Crippen molar-refractivity contribution in [3.05, 3.63) is 60.2 Å². The summed E-state index contributed by atoms with van der Waals surface area (Å²) in [5.41, 5.74) is 2.30. The van der Waals surface area contributed by atoms with Crippen LogP contribution in [0.25, 0.3) is 22.3 Å². The minimum atomic E-state index is -4.12. The number of hydrogen-bond donors (Lipinski definition) is 0. The lowest BCUT2D eigenvalue weighted by molar-refractivity contribution is 0.314. The van der Waals surface area contributed by atoms with Crippen molar-refractivity contribution in [1.29, 1.82) is 0 Å². The molecule has 0 aliphatic heterocycles. The van der Waals surface area contributed by atoms with E-state index in [-0.39, 0.29) is 52.2 Å². The summed E-state index contributed by atoms with van der Waals surface area (Å²) < 4.78 is 105. The summed E-state index contributed by atoms with van der Waals surface area (Å²) in [6, 6.07) is 11.9. The molecule has 0 heterocycles. The van der Waals surface area contributed by atoms with E-state index < -0.39 is 30.4 Å². The number of methoxy groups -OCH3 is 2. The minimum Gasteiger partial charge on any atom is -0.496 e. The average molecular weight is 671 g/mol. The van der Waals surface area contributed by atoms with E-state index in [2.05, 4.69) is 0 Å². The highest BCUT2D eigenvalue weighted by molar-refractivity contribution is 7.86. The maximum absolute atomic E-state index is 12.4. The smallest absolute Gasteiger partial charge is 0.306 e. The molecule has 0 unspecified atom stereocenters. The summed E-state index contributed by atoms with van der Waals surface area (Å²) in [6.45, 7) is 4.16. The number of ether oxygens (including phenoxy) is 3. The second kappa shape index (κ2) is 13.8. The van der Waals surface area contributed by atoms with Crippen LogP contribution in [0.3, 0.4) is 0 Å². The van der Waals surface area contributed by atoms with Crippen molar-refractivity contribution in [2.45, 2.75) is 20.3 Å². The normalized spacial score (nSPS) is 11.8. The van der Waals surface area contributed by atoms with Crippen molar-refractivity contribution in [3.63, 3.8) is 0 Å². The van der Waals surface area contributed by atoms with E-state index in [0.29, 0.717) is 17.5 Å². The molecule has 0 aromatic heterocycles. The second-order valence-corrected chi connectivity index (χ2v) is 14.6. The molecule has 15 heteroatoms. The molecule has 0 aliphatic rings. The SMILES string of the molecule is COc1cc(-c2ccc(OCCC=C(C)C)c(OS(C)(=O)=O)c2)c(OC)c(OS(C)(=O)=O)c1-c1ccc(OS(C)(=O)=O)cc1. The molecule has 0 fully saturated rings. The molecule has 0 radical (unpaired) electrons. The first-order valence-electron chi connectivity index (χ1n) is 12.9. The van der Waals surface area contributed by atoms with Crippen molar-refractivity contribution in [2.75, 3.05) is 39.6 Å². The Kier molecular flexibility index (Phi) is 10.8. The molecule has 3 aromatic rings. The highest BCUT2D eigenvalue weighted by Gasteiger charge is 2.27. The summed E-state index contributed by atoms with van der Waals surface area (Å²) in [7, 11) is -9.20. The highest BCUT2D eigenvalue weighted by Crippen LogP contribution is 2.51. The van der Waals surface area contributed by atoms with Crippen molar-refractivity contribution in [1.82, 2.24) is 0 Å². The first-order chi connectivity index (χ1) is 20.4. The highest BCUT2D eigenvalue weighted by atomic mass is 32.2. The Morgan fingerprint density at radius 3 is 1.77 bits per heavy atom. The van der Waals surface area contributed by atoms with Gasteiger partial charge in [0, 0.05) is 5.56 Å². The Bertz CT molecular complexity index is 1860. The molecule has 3 rings (SSSR count). The van der Waals surface area contributed by atoms with E-state index >= 15 is 0 Å². The summed E-state index contributed by atoms with van der Waals surface area (Å²) in [5.74, 6) is 0.0148. The summed E-state index contributed by atoms with van der Waals surface area (Å²) in [4.78, 5) is 0. The zero-order valence-electron chi connectivity index (χ0n) is 25.2. The fraction of sp³-hybridized carbons (Fsp3) is 0.310. The van der Waals surface area contributed by atoms with Gasteiger partial charge in [0.15, 0.2) is 23.0 Å². The molecular formula is C29H34O12S3. The van der Waals surface area contributed by atoms with Crippen LogP contribution >= 0.6 is 0 Å². The lowest BCUT2D eigenvalue weighted by atomic mass is 9.96. The summed E-state index contributed by atoms with van der Waals surface area (Å²) >= 11 is 0. The predicted octanol–water partition coefficient (Wildman–Crippen LogP) is 4.79. The number of allylic oxidation sites excluding steroid dienone is 1. The lowest BCUT2D eigenvalue weighted by Gasteiger charge is -2.21. The number of benzene rings is 3. The van der Waals surface area contributed by atoms with Gasteiger partial charge in [-0.15, -0.1) is 0 Å². The van der Waals surface area contributed by atoms with Crippen LogP contribution in [0, 0.1) is 0 Å². The maximum atomic E-state index is 12.4. The molecular weight excluding hydrogens is 637 g/mol. The van der Waals surface area contributed by atoms with Crippen molar-refractivity contribution >= 4 is 30.4 Å². The van der Waals surface area contributed by atoms with E-state index in [1.165, 1.54) is 50.6 Å².